The van der Waals surface area contributed by atoms with Gasteiger partial charge < -0.3 is 15.5 Å². The predicted molar refractivity (Wildman–Crippen MR) is 80.5 cm³/mol. The minimum atomic E-state index is -0.135. The van der Waals surface area contributed by atoms with E-state index in [9.17, 15) is 14.4 Å². The maximum absolute atomic E-state index is 11.9. The molecule has 0 spiro atoms. The van der Waals surface area contributed by atoms with E-state index in [-0.39, 0.29) is 24.3 Å². The van der Waals surface area contributed by atoms with E-state index in [0.717, 1.165) is 0 Å². The molecule has 21 heavy (non-hydrogen) atoms. The Morgan fingerprint density at radius 1 is 1.14 bits per heavy atom. The number of nitrogens with zero attached hydrogens (tertiary/aromatic N) is 1. The normalized spacial score (nSPS) is 14.8. The average molecular weight is 297 g/mol. The van der Waals surface area contributed by atoms with E-state index in [1.807, 2.05) is 0 Å². The van der Waals surface area contributed by atoms with Gasteiger partial charge in [-0.25, -0.2) is 0 Å². The van der Waals surface area contributed by atoms with Crippen molar-refractivity contribution in [3.8, 4) is 0 Å². The second-order valence-corrected chi connectivity index (χ2v) is 5.61. The summed E-state index contributed by atoms with van der Waals surface area (Å²) in [7, 11) is 0. The number of carbonyl (C=O) groups is 3. The van der Waals surface area contributed by atoms with E-state index >= 15 is 0 Å². The number of carbonyl (C=O) groups excluding carboxylic acids is 3. The minimum Gasteiger partial charge on any atom is -0.355 e. The molecule has 0 aromatic rings. The van der Waals surface area contributed by atoms with Crippen molar-refractivity contribution in [3.05, 3.63) is 0 Å². The summed E-state index contributed by atoms with van der Waals surface area (Å²) >= 11 is 0. The van der Waals surface area contributed by atoms with Crippen LogP contribution >= 0.6 is 0 Å². The molecule has 1 saturated carbocycles. The van der Waals surface area contributed by atoms with Gasteiger partial charge in [-0.3, -0.25) is 14.4 Å². The largest absolute Gasteiger partial charge is 0.355 e. The van der Waals surface area contributed by atoms with Crippen LogP contribution in [-0.4, -0.2) is 48.8 Å². The van der Waals surface area contributed by atoms with Gasteiger partial charge in [0, 0.05) is 33.0 Å². The number of hydrogen-bond donors (Lipinski definition) is 2. The van der Waals surface area contributed by atoms with Gasteiger partial charge in [-0.05, 0) is 18.8 Å². The fraction of sp³-hybridized carbons (Fsp3) is 0.800. The van der Waals surface area contributed by atoms with Gasteiger partial charge in [0.05, 0.1) is 6.54 Å². The Morgan fingerprint density at radius 2 is 1.81 bits per heavy atom. The van der Waals surface area contributed by atoms with Crippen molar-refractivity contribution in [2.24, 2.45) is 5.92 Å². The summed E-state index contributed by atoms with van der Waals surface area (Å²) in [4.78, 5) is 36.1. The molecule has 1 aliphatic carbocycles. The van der Waals surface area contributed by atoms with E-state index < -0.39 is 0 Å². The van der Waals surface area contributed by atoms with Gasteiger partial charge in [0.2, 0.25) is 17.7 Å². The summed E-state index contributed by atoms with van der Waals surface area (Å²) in [6.45, 7) is 4.71. The second kappa shape index (κ2) is 9.37. The average Bonchev–Trinajstić information content (AvgIpc) is 2.96. The SMILES string of the molecule is CCC(=O)N(CCNC(C)=O)CC(=O)NCC1CCCC1. The molecule has 1 rings (SSSR count). The predicted octanol–water partition coefficient (Wildman–Crippen LogP) is 0.668. The number of amides is 3. The van der Waals surface area contributed by atoms with Gasteiger partial charge >= 0.3 is 0 Å². The Bertz CT molecular complexity index is 365. The fourth-order valence-electron chi connectivity index (χ4n) is 2.58. The maximum atomic E-state index is 11.9. The topological polar surface area (TPSA) is 78.5 Å². The van der Waals surface area contributed by atoms with E-state index in [4.69, 9.17) is 0 Å². The van der Waals surface area contributed by atoms with Crippen LogP contribution in [-0.2, 0) is 14.4 Å². The van der Waals surface area contributed by atoms with Crippen LogP contribution in [0.25, 0.3) is 0 Å². The molecule has 0 heterocycles. The highest BCUT2D eigenvalue weighted by atomic mass is 16.2. The molecule has 0 aliphatic heterocycles. The summed E-state index contributed by atoms with van der Waals surface area (Å²) in [6, 6.07) is 0. The van der Waals surface area contributed by atoms with Crippen LogP contribution in [0.4, 0.5) is 0 Å². The van der Waals surface area contributed by atoms with Gasteiger partial charge in [0.1, 0.15) is 0 Å². The van der Waals surface area contributed by atoms with Crippen LogP contribution in [0.2, 0.25) is 0 Å². The van der Waals surface area contributed by atoms with Crippen molar-refractivity contribution >= 4 is 17.7 Å². The van der Waals surface area contributed by atoms with E-state index in [0.29, 0.717) is 32.0 Å². The van der Waals surface area contributed by atoms with Crippen molar-refractivity contribution in [2.75, 3.05) is 26.2 Å². The molecule has 0 aromatic carbocycles. The first kappa shape index (κ1) is 17.5. The van der Waals surface area contributed by atoms with E-state index in [2.05, 4.69) is 10.6 Å². The molecular weight excluding hydrogens is 270 g/mol. The summed E-state index contributed by atoms with van der Waals surface area (Å²) < 4.78 is 0. The smallest absolute Gasteiger partial charge is 0.239 e. The van der Waals surface area contributed by atoms with Gasteiger partial charge in [-0.1, -0.05) is 19.8 Å². The molecular formula is C15H27N3O3. The van der Waals surface area contributed by atoms with E-state index in [1.54, 1.807) is 6.92 Å². The second-order valence-electron chi connectivity index (χ2n) is 5.61. The summed E-state index contributed by atoms with van der Waals surface area (Å²) in [6.07, 6.45) is 5.21. The molecule has 6 heteroatoms. The van der Waals surface area contributed by atoms with Crippen molar-refractivity contribution in [1.29, 1.82) is 0 Å². The lowest BCUT2D eigenvalue weighted by molar-refractivity contribution is -0.136. The van der Waals surface area contributed by atoms with Crippen molar-refractivity contribution < 1.29 is 14.4 Å². The van der Waals surface area contributed by atoms with Gasteiger partial charge in [-0.15, -0.1) is 0 Å². The Kier molecular flexibility index (Phi) is 7.79. The first-order chi connectivity index (χ1) is 10.0. The molecule has 0 radical (unpaired) electrons. The first-order valence-electron chi connectivity index (χ1n) is 7.81. The van der Waals surface area contributed by atoms with Crippen LogP contribution in [0.1, 0.15) is 46.0 Å². The Balaban J connectivity index is 2.33. The van der Waals surface area contributed by atoms with Crippen molar-refractivity contribution in [3.63, 3.8) is 0 Å². The summed E-state index contributed by atoms with van der Waals surface area (Å²) in [5.74, 6) is 0.260. The molecule has 0 unspecified atom stereocenters. The fourth-order valence-corrected chi connectivity index (χ4v) is 2.58. The monoisotopic (exact) mass is 297 g/mol. The molecule has 0 saturated heterocycles. The maximum Gasteiger partial charge on any atom is 0.239 e. The zero-order chi connectivity index (χ0) is 15.7. The molecule has 1 aliphatic rings. The van der Waals surface area contributed by atoms with Gasteiger partial charge in [-0.2, -0.15) is 0 Å². The van der Waals surface area contributed by atoms with Gasteiger partial charge in [0.15, 0.2) is 0 Å². The molecule has 3 amide bonds. The lowest BCUT2D eigenvalue weighted by Gasteiger charge is -2.22. The third-order valence-electron chi connectivity index (χ3n) is 3.81. The first-order valence-corrected chi connectivity index (χ1v) is 7.81. The molecule has 0 atom stereocenters. The highest BCUT2D eigenvalue weighted by Crippen LogP contribution is 2.23. The van der Waals surface area contributed by atoms with Crippen LogP contribution in [0.3, 0.4) is 0 Å². The number of rotatable bonds is 8. The molecule has 120 valence electrons. The standard InChI is InChI=1S/C15H27N3O3/c1-3-15(21)18(9-8-16-12(2)19)11-14(20)17-10-13-6-4-5-7-13/h13H,3-11H2,1-2H3,(H,16,19)(H,17,20). The highest BCUT2D eigenvalue weighted by molar-refractivity contribution is 5.84. The summed E-state index contributed by atoms with van der Waals surface area (Å²) in [5.41, 5.74) is 0. The lowest BCUT2D eigenvalue weighted by atomic mass is 10.1. The molecule has 6 nitrogen and oxygen atoms in total. The molecule has 0 aromatic heterocycles. The molecule has 0 bridgehead atoms. The Labute approximate surface area is 126 Å². The van der Waals surface area contributed by atoms with Crippen molar-refractivity contribution in [1.82, 2.24) is 15.5 Å². The third kappa shape index (κ3) is 7.11. The quantitative estimate of drug-likeness (QED) is 0.691. The van der Waals surface area contributed by atoms with Gasteiger partial charge in [0.25, 0.3) is 0 Å². The summed E-state index contributed by atoms with van der Waals surface area (Å²) in [5, 5.41) is 5.55. The Hall–Kier alpha value is -1.59. The van der Waals surface area contributed by atoms with Crippen LogP contribution < -0.4 is 10.6 Å². The van der Waals surface area contributed by atoms with Crippen LogP contribution in [0, 0.1) is 5.92 Å². The lowest BCUT2D eigenvalue weighted by Crippen LogP contribution is -2.44. The minimum absolute atomic E-state index is 0.0684. The number of nitrogens with one attached hydrogen (secondary N) is 2. The molecule has 1 fully saturated rings. The van der Waals surface area contributed by atoms with Crippen LogP contribution in [0.15, 0.2) is 0 Å². The highest BCUT2D eigenvalue weighted by Gasteiger charge is 2.18. The third-order valence-corrected chi connectivity index (χ3v) is 3.81. The number of hydrogen-bond acceptors (Lipinski definition) is 3. The zero-order valence-corrected chi connectivity index (χ0v) is 13.1. The van der Waals surface area contributed by atoms with Crippen molar-refractivity contribution in [2.45, 2.75) is 46.0 Å². The van der Waals surface area contributed by atoms with E-state index in [1.165, 1.54) is 37.5 Å². The Morgan fingerprint density at radius 3 is 2.38 bits per heavy atom. The molecule has 2 N–H and O–H groups in total. The van der Waals surface area contributed by atoms with Crippen LogP contribution in [0.5, 0.6) is 0 Å². The zero-order valence-electron chi connectivity index (χ0n) is 13.1.